The number of azide groups is 1. The normalized spacial score (nSPS) is 48.3. The van der Waals surface area contributed by atoms with Crippen LogP contribution in [0.25, 0.3) is 10.4 Å². The number of allylic oxidation sites excluding steroid dienone is 3. The Labute approximate surface area is 152 Å². The summed E-state index contributed by atoms with van der Waals surface area (Å²) in [4.78, 5) is 3.05. The van der Waals surface area contributed by atoms with Crippen LogP contribution in [0.3, 0.4) is 0 Å². The molecule has 0 aromatic rings. The van der Waals surface area contributed by atoms with Gasteiger partial charge in [-0.15, -0.1) is 0 Å². The molecule has 0 heterocycles. The van der Waals surface area contributed by atoms with Crippen molar-refractivity contribution in [1.82, 2.24) is 0 Å². The highest BCUT2D eigenvalue weighted by Crippen LogP contribution is 2.65. The molecule has 0 spiro atoms. The molecule has 2 fully saturated rings. The van der Waals surface area contributed by atoms with Gasteiger partial charge in [0.25, 0.3) is 0 Å². The van der Waals surface area contributed by atoms with Gasteiger partial charge in [0.05, 0.1) is 0 Å². The Morgan fingerprint density at radius 2 is 1.91 bits per heavy atom. The third-order valence-corrected chi connectivity index (χ3v) is 9.45. The number of hydrogen-bond acceptors (Lipinski definition) is 1. The topological polar surface area (TPSA) is 48.8 Å². The third-order valence-electron chi connectivity index (χ3n) is 7.78. The molecule has 6 atom stereocenters. The average molecular weight is 423 g/mol. The van der Waals surface area contributed by atoms with E-state index in [-0.39, 0.29) is 6.04 Å². The van der Waals surface area contributed by atoms with Crippen LogP contribution in [0, 0.1) is 28.6 Å². The van der Waals surface area contributed by atoms with Gasteiger partial charge in [0.15, 0.2) is 0 Å². The van der Waals surface area contributed by atoms with Gasteiger partial charge in [0.1, 0.15) is 0 Å². The van der Waals surface area contributed by atoms with E-state index >= 15 is 0 Å². The molecule has 0 saturated heterocycles. The molecule has 0 aromatic carbocycles. The molecule has 4 heteroatoms. The molecule has 4 rings (SSSR count). The quantitative estimate of drug-likeness (QED) is 0.151. The summed E-state index contributed by atoms with van der Waals surface area (Å²) >= 11 is 2.60. The Hall–Kier alpha value is -0.480. The van der Waals surface area contributed by atoms with Gasteiger partial charge in [-0.1, -0.05) is 36.7 Å². The molecule has 4 aliphatic carbocycles. The first-order valence-corrected chi connectivity index (χ1v) is 10.2. The average Bonchev–Trinajstić information content (AvgIpc) is 2.84. The standard InChI is InChI=1S/C19H26IN3/c1-18-9-7-13(22-23-21)11-12(18)3-4-14-15-5-6-17(20)19(15,2)10-8-16(14)18/h3,6,13-16H,4-5,7-11H2,1-2H3/t13-,14+,15+,16+,18+,19+/m1/s1. The summed E-state index contributed by atoms with van der Waals surface area (Å²) in [5.74, 6) is 2.53. The van der Waals surface area contributed by atoms with E-state index < -0.39 is 0 Å². The summed E-state index contributed by atoms with van der Waals surface area (Å²) in [5, 5.41) is 4.01. The monoisotopic (exact) mass is 423 g/mol. The van der Waals surface area contributed by atoms with E-state index in [0.717, 1.165) is 30.6 Å². The molecule has 0 unspecified atom stereocenters. The highest BCUT2D eigenvalue weighted by molar-refractivity contribution is 14.1. The Morgan fingerprint density at radius 3 is 2.70 bits per heavy atom. The van der Waals surface area contributed by atoms with Crippen LogP contribution in [0.1, 0.15) is 58.8 Å². The molecule has 3 nitrogen and oxygen atoms in total. The van der Waals surface area contributed by atoms with E-state index in [1.807, 2.05) is 0 Å². The summed E-state index contributed by atoms with van der Waals surface area (Å²) in [6.45, 7) is 5.03. The van der Waals surface area contributed by atoms with E-state index in [2.05, 4.69) is 58.6 Å². The fourth-order valence-electron chi connectivity index (χ4n) is 6.33. The number of rotatable bonds is 1. The maximum atomic E-state index is 8.75. The molecule has 124 valence electrons. The van der Waals surface area contributed by atoms with Gasteiger partial charge >= 0.3 is 0 Å². The van der Waals surface area contributed by atoms with Crippen molar-refractivity contribution in [2.75, 3.05) is 0 Å². The van der Waals surface area contributed by atoms with Crippen molar-refractivity contribution >= 4 is 22.6 Å². The largest absolute Gasteiger partial charge is 0.0903 e. The summed E-state index contributed by atoms with van der Waals surface area (Å²) in [6, 6.07) is 0.193. The van der Waals surface area contributed by atoms with Crippen LogP contribution in [0.15, 0.2) is 26.4 Å². The van der Waals surface area contributed by atoms with Gasteiger partial charge in [-0.3, -0.25) is 0 Å². The molecule has 0 amide bonds. The molecule has 0 radical (unpaired) electrons. The molecule has 0 aromatic heterocycles. The lowest BCUT2D eigenvalue weighted by Gasteiger charge is -2.57. The Kier molecular flexibility index (Phi) is 3.84. The van der Waals surface area contributed by atoms with Crippen LogP contribution in [0.5, 0.6) is 0 Å². The van der Waals surface area contributed by atoms with Gasteiger partial charge in [-0.25, -0.2) is 0 Å². The second kappa shape index (κ2) is 5.52. The lowest BCUT2D eigenvalue weighted by molar-refractivity contribution is -0.0149. The summed E-state index contributed by atoms with van der Waals surface area (Å²) in [7, 11) is 0. The SMILES string of the molecule is C[C@]12CC[C@@H](N=[N+]=[N-])CC1=CC[C@@H]1[C@@H]2CC[C@]2(C)C(I)=CC[C@@H]12. The molecule has 0 bridgehead atoms. The maximum Gasteiger partial charge on any atom is 0.0411 e. The van der Waals surface area contributed by atoms with Crippen LogP contribution < -0.4 is 0 Å². The van der Waals surface area contributed by atoms with E-state index in [1.54, 1.807) is 9.15 Å². The molecule has 2 saturated carbocycles. The molecule has 23 heavy (non-hydrogen) atoms. The highest BCUT2D eigenvalue weighted by Gasteiger charge is 2.56. The smallest absolute Gasteiger partial charge is 0.0411 e. The van der Waals surface area contributed by atoms with Crippen LogP contribution in [-0.2, 0) is 0 Å². The Bertz CT molecular complexity index is 633. The molecule has 0 aliphatic heterocycles. The van der Waals surface area contributed by atoms with Gasteiger partial charge in [0.2, 0.25) is 0 Å². The third kappa shape index (κ3) is 2.24. The number of fused-ring (bicyclic) bond motifs is 5. The zero-order valence-corrected chi connectivity index (χ0v) is 16.3. The summed E-state index contributed by atoms with van der Waals surface area (Å²) in [6.07, 6.45) is 13.6. The summed E-state index contributed by atoms with van der Waals surface area (Å²) < 4.78 is 1.62. The fraction of sp³-hybridized carbons (Fsp3) is 0.789. The van der Waals surface area contributed by atoms with E-state index in [0.29, 0.717) is 10.8 Å². The second-order valence-electron chi connectivity index (χ2n) is 8.60. The first kappa shape index (κ1) is 16.0. The van der Waals surface area contributed by atoms with Crippen LogP contribution >= 0.6 is 22.6 Å². The molecule has 0 N–H and O–H groups in total. The van der Waals surface area contributed by atoms with Crippen molar-refractivity contribution in [1.29, 1.82) is 0 Å². The highest BCUT2D eigenvalue weighted by atomic mass is 127. The predicted octanol–water partition coefficient (Wildman–Crippen LogP) is 6.56. The second-order valence-corrected chi connectivity index (χ2v) is 9.77. The lowest BCUT2D eigenvalue weighted by Crippen LogP contribution is -2.49. The number of hydrogen-bond donors (Lipinski definition) is 0. The minimum Gasteiger partial charge on any atom is -0.0903 e. The first-order valence-electron chi connectivity index (χ1n) is 9.09. The van der Waals surface area contributed by atoms with Gasteiger partial charge in [0, 0.05) is 16.4 Å². The minimum absolute atomic E-state index is 0.193. The van der Waals surface area contributed by atoms with Crippen molar-refractivity contribution < 1.29 is 0 Å². The van der Waals surface area contributed by atoms with Crippen LogP contribution in [0.2, 0.25) is 0 Å². The van der Waals surface area contributed by atoms with Gasteiger partial charge in [-0.05, 0) is 99.8 Å². The maximum absolute atomic E-state index is 8.75. The Morgan fingerprint density at radius 1 is 1.13 bits per heavy atom. The minimum atomic E-state index is 0.193. The number of nitrogens with zero attached hydrogens (tertiary/aromatic N) is 3. The van der Waals surface area contributed by atoms with Crippen molar-refractivity contribution in [3.05, 3.63) is 31.7 Å². The van der Waals surface area contributed by atoms with Gasteiger partial charge < -0.3 is 0 Å². The predicted molar refractivity (Wildman–Crippen MR) is 102 cm³/mol. The van der Waals surface area contributed by atoms with Gasteiger partial charge in [-0.2, -0.15) is 0 Å². The van der Waals surface area contributed by atoms with Crippen LogP contribution in [-0.4, -0.2) is 6.04 Å². The van der Waals surface area contributed by atoms with E-state index in [9.17, 15) is 0 Å². The Balaban J connectivity index is 1.64. The van der Waals surface area contributed by atoms with Crippen LogP contribution in [0.4, 0.5) is 0 Å². The van der Waals surface area contributed by atoms with E-state index in [1.165, 1.54) is 32.1 Å². The zero-order valence-electron chi connectivity index (χ0n) is 14.1. The zero-order chi connectivity index (χ0) is 16.2. The van der Waals surface area contributed by atoms with Crippen molar-refractivity contribution in [2.45, 2.75) is 64.8 Å². The molecule has 4 aliphatic rings. The van der Waals surface area contributed by atoms with Crippen molar-refractivity contribution in [3.63, 3.8) is 0 Å². The molecular formula is C19H26IN3. The fourth-order valence-corrected chi connectivity index (χ4v) is 7.25. The van der Waals surface area contributed by atoms with E-state index in [4.69, 9.17) is 5.53 Å². The number of halogens is 1. The van der Waals surface area contributed by atoms with Crippen molar-refractivity contribution in [2.24, 2.45) is 33.7 Å². The lowest BCUT2D eigenvalue weighted by atomic mass is 9.48. The summed E-state index contributed by atoms with van der Waals surface area (Å²) in [5.41, 5.74) is 11.2. The van der Waals surface area contributed by atoms with Crippen molar-refractivity contribution in [3.8, 4) is 0 Å². The molecular weight excluding hydrogens is 397 g/mol. The first-order chi connectivity index (χ1) is 11.0.